The molecule has 0 atom stereocenters. The molecule has 0 bridgehead atoms. The number of carbonyl (C=O) groups is 1. The zero-order valence-electron chi connectivity index (χ0n) is 19.2. The number of rotatable bonds is 6. The summed E-state index contributed by atoms with van der Waals surface area (Å²) in [6.07, 6.45) is 3.47. The molecule has 1 aromatic heterocycles. The van der Waals surface area contributed by atoms with Gasteiger partial charge in [-0.1, -0.05) is 30.8 Å². The highest BCUT2D eigenvalue weighted by Crippen LogP contribution is 2.16. The van der Waals surface area contributed by atoms with Crippen LogP contribution in [0.2, 0.25) is 0 Å². The summed E-state index contributed by atoms with van der Waals surface area (Å²) in [5.74, 6) is 0. The molecule has 1 aromatic carbocycles. The van der Waals surface area contributed by atoms with Crippen molar-refractivity contribution in [1.29, 1.82) is 0 Å². The predicted octanol–water partition coefficient (Wildman–Crippen LogP) is 2.47. The van der Waals surface area contributed by atoms with Crippen LogP contribution >= 0.6 is 0 Å². The van der Waals surface area contributed by atoms with Gasteiger partial charge in [-0.3, -0.25) is 9.80 Å². The molecule has 0 radical (unpaired) electrons. The van der Waals surface area contributed by atoms with E-state index in [1.807, 2.05) is 23.8 Å². The number of hydrogen-bond acceptors (Lipinski definition) is 6. The van der Waals surface area contributed by atoms with Gasteiger partial charge in [0.05, 0.1) is 31.3 Å². The molecular weight excluding hydrogens is 404 g/mol. The van der Waals surface area contributed by atoms with E-state index >= 15 is 0 Å². The van der Waals surface area contributed by atoms with Crippen molar-refractivity contribution >= 4 is 11.7 Å². The molecule has 8 nitrogen and oxygen atoms in total. The van der Waals surface area contributed by atoms with Crippen LogP contribution in [0.15, 0.2) is 48.9 Å². The Labute approximate surface area is 190 Å². The Bertz CT molecular complexity index is 911. The van der Waals surface area contributed by atoms with Gasteiger partial charge in [0.2, 0.25) is 0 Å². The van der Waals surface area contributed by atoms with Gasteiger partial charge < -0.3 is 14.5 Å². The molecule has 0 spiro atoms. The summed E-state index contributed by atoms with van der Waals surface area (Å²) < 4.78 is 6.85. The molecule has 1 amide bonds. The first kappa shape index (κ1) is 22.5. The van der Waals surface area contributed by atoms with Crippen molar-refractivity contribution in [2.75, 3.05) is 64.4 Å². The summed E-state index contributed by atoms with van der Waals surface area (Å²) in [4.78, 5) is 21.5. The quantitative estimate of drug-likeness (QED) is 0.691. The fraction of sp³-hybridized carbons (Fsp3) is 0.500. The second kappa shape index (κ2) is 10.3. The third kappa shape index (κ3) is 5.56. The first-order valence-corrected chi connectivity index (χ1v) is 11.3. The van der Waals surface area contributed by atoms with Crippen LogP contribution in [0, 0.1) is 0 Å². The minimum absolute atomic E-state index is 0.0709. The van der Waals surface area contributed by atoms with Crippen LogP contribution in [0.3, 0.4) is 0 Å². The molecule has 2 saturated heterocycles. The van der Waals surface area contributed by atoms with Crippen LogP contribution in [0.25, 0.3) is 0 Å². The number of allylic oxidation sites excluding steroid dienone is 1. The van der Waals surface area contributed by atoms with Crippen molar-refractivity contribution in [3.8, 4) is 0 Å². The molecule has 4 rings (SSSR count). The first-order chi connectivity index (χ1) is 15.5. The molecule has 32 heavy (non-hydrogen) atoms. The predicted molar refractivity (Wildman–Crippen MR) is 126 cm³/mol. The number of nitrogens with zero attached hydrogens (tertiary/aromatic N) is 6. The molecule has 8 heteroatoms. The van der Waals surface area contributed by atoms with E-state index in [9.17, 15) is 4.79 Å². The average Bonchev–Trinajstić information content (AvgIpc) is 3.31. The number of ether oxygens (including phenoxy) is 1. The van der Waals surface area contributed by atoms with Crippen LogP contribution in [0.1, 0.15) is 18.1 Å². The van der Waals surface area contributed by atoms with Crippen molar-refractivity contribution in [3.63, 3.8) is 0 Å². The third-order valence-electron chi connectivity index (χ3n) is 6.31. The SMILES string of the molecule is C=C(C)N(C)c1cnn(C(=O)N2CCN(Cc3ccc(CN4CCOCC4)cc3)CC2)c1. The van der Waals surface area contributed by atoms with Crippen LogP contribution in [0.5, 0.6) is 0 Å². The first-order valence-electron chi connectivity index (χ1n) is 11.3. The molecule has 2 aliphatic heterocycles. The molecule has 0 N–H and O–H groups in total. The second-order valence-electron chi connectivity index (χ2n) is 8.69. The Hall–Kier alpha value is -2.68. The number of amides is 1. The van der Waals surface area contributed by atoms with Gasteiger partial charge in [-0.15, -0.1) is 0 Å². The lowest BCUT2D eigenvalue weighted by molar-refractivity contribution is 0.0342. The van der Waals surface area contributed by atoms with Crippen molar-refractivity contribution in [3.05, 3.63) is 60.1 Å². The molecule has 2 aliphatic rings. The standard InChI is InChI=1S/C24H34N6O2/c1-20(2)26(3)23-16-25-30(19-23)24(31)29-10-8-27(9-11-29)17-21-4-6-22(7-5-21)18-28-12-14-32-15-13-28/h4-7,16,19H,1,8-15,17-18H2,2-3H3. The minimum atomic E-state index is -0.0709. The molecule has 2 fully saturated rings. The number of hydrogen-bond donors (Lipinski definition) is 0. The molecule has 0 unspecified atom stereocenters. The Morgan fingerprint density at radius 2 is 1.56 bits per heavy atom. The van der Waals surface area contributed by atoms with E-state index in [1.54, 1.807) is 12.4 Å². The van der Waals surface area contributed by atoms with E-state index in [1.165, 1.54) is 15.8 Å². The van der Waals surface area contributed by atoms with Crippen LogP contribution in [-0.4, -0.2) is 90.0 Å². The lowest BCUT2D eigenvalue weighted by atomic mass is 10.1. The highest BCUT2D eigenvalue weighted by atomic mass is 16.5. The van der Waals surface area contributed by atoms with Crippen molar-refractivity contribution in [2.45, 2.75) is 20.0 Å². The summed E-state index contributed by atoms with van der Waals surface area (Å²) in [6, 6.07) is 8.87. The van der Waals surface area contributed by atoms with Gasteiger partial charge in [-0.25, -0.2) is 4.79 Å². The van der Waals surface area contributed by atoms with Gasteiger partial charge in [0, 0.05) is 65.1 Å². The van der Waals surface area contributed by atoms with Gasteiger partial charge in [-0.2, -0.15) is 9.78 Å². The summed E-state index contributed by atoms with van der Waals surface area (Å²) in [5, 5.41) is 4.25. The zero-order valence-corrected chi connectivity index (χ0v) is 19.2. The lowest BCUT2D eigenvalue weighted by Gasteiger charge is -2.34. The highest BCUT2D eigenvalue weighted by Gasteiger charge is 2.23. The maximum atomic E-state index is 12.8. The number of benzene rings is 1. The maximum Gasteiger partial charge on any atom is 0.344 e. The van der Waals surface area contributed by atoms with Gasteiger partial charge >= 0.3 is 6.03 Å². The minimum Gasteiger partial charge on any atom is -0.379 e. The van der Waals surface area contributed by atoms with Crippen LogP contribution < -0.4 is 4.90 Å². The van der Waals surface area contributed by atoms with E-state index in [4.69, 9.17) is 4.74 Å². The number of piperazine rings is 1. The number of morpholine rings is 1. The summed E-state index contributed by atoms with van der Waals surface area (Å²) >= 11 is 0. The molecular formula is C24H34N6O2. The van der Waals surface area contributed by atoms with Crippen molar-refractivity contribution in [2.24, 2.45) is 0 Å². The Kier molecular flexibility index (Phi) is 7.24. The highest BCUT2D eigenvalue weighted by molar-refractivity contribution is 5.77. The molecule has 2 aromatic rings. The van der Waals surface area contributed by atoms with Crippen molar-refractivity contribution < 1.29 is 9.53 Å². The Balaban J connectivity index is 1.25. The third-order valence-corrected chi connectivity index (χ3v) is 6.31. The van der Waals surface area contributed by atoms with E-state index in [0.717, 1.165) is 63.9 Å². The molecule has 0 saturated carbocycles. The van der Waals surface area contributed by atoms with Gasteiger partial charge in [-0.05, 0) is 18.1 Å². The van der Waals surface area contributed by atoms with E-state index in [0.29, 0.717) is 13.1 Å². The van der Waals surface area contributed by atoms with Crippen molar-refractivity contribution in [1.82, 2.24) is 24.5 Å². The fourth-order valence-electron chi connectivity index (χ4n) is 4.08. The fourth-order valence-corrected chi connectivity index (χ4v) is 4.08. The van der Waals surface area contributed by atoms with Crippen LogP contribution in [-0.2, 0) is 17.8 Å². The zero-order chi connectivity index (χ0) is 22.5. The maximum absolute atomic E-state index is 12.8. The van der Waals surface area contributed by atoms with Gasteiger partial charge in [0.15, 0.2) is 0 Å². The van der Waals surface area contributed by atoms with E-state index in [-0.39, 0.29) is 6.03 Å². The van der Waals surface area contributed by atoms with Gasteiger partial charge in [0.1, 0.15) is 0 Å². The smallest absolute Gasteiger partial charge is 0.344 e. The number of carbonyl (C=O) groups excluding carboxylic acids is 1. The molecule has 172 valence electrons. The number of aromatic nitrogens is 2. The van der Waals surface area contributed by atoms with Gasteiger partial charge in [0.25, 0.3) is 0 Å². The average molecular weight is 439 g/mol. The number of anilines is 1. The molecule has 0 aliphatic carbocycles. The van der Waals surface area contributed by atoms with E-state index in [2.05, 4.69) is 45.7 Å². The second-order valence-corrected chi connectivity index (χ2v) is 8.69. The van der Waals surface area contributed by atoms with Crippen LogP contribution in [0.4, 0.5) is 10.5 Å². The Morgan fingerprint density at radius 3 is 2.12 bits per heavy atom. The van der Waals surface area contributed by atoms with E-state index < -0.39 is 0 Å². The lowest BCUT2D eigenvalue weighted by Crippen LogP contribution is -2.49. The topological polar surface area (TPSA) is 57.1 Å². The normalized spacial score (nSPS) is 18.0. The Morgan fingerprint density at radius 1 is 1.00 bits per heavy atom. The summed E-state index contributed by atoms with van der Waals surface area (Å²) in [6.45, 7) is 14.6. The monoisotopic (exact) mass is 438 g/mol. The summed E-state index contributed by atoms with van der Waals surface area (Å²) in [5.41, 5.74) is 4.43. The summed E-state index contributed by atoms with van der Waals surface area (Å²) in [7, 11) is 1.92. The largest absolute Gasteiger partial charge is 0.379 e. The molecule has 3 heterocycles.